The van der Waals surface area contributed by atoms with Gasteiger partial charge in [0.25, 0.3) is 6.43 Å². The summed E-state index contributed by atoms with van der Waals surface area (Å²) in [5, 5.41) is 4.87. The summed E-state index contributed by atoms with van der Waals surface area (Å²) in [6, 6.07) is 2.50. The first kappa shape index (κ1) is 37.5. The van der Waals surface area contributed by atoms with Gasteiger partial charge in [0.2, 0.25) is 17.7 Å². The molecule has 270 valence electrons. The average Bonchev–Trinajstić information content (AvgIpc) is 3.43. The third-order valence-electron chi connectivity index (χ3n) is 8.67. The first-order valence-electron chi connectivity index (χ1n) is 16.7. The molecular formula is C34H46F3N5O7. The number of carbonyl (C=O) groups excluding carboxylic acids is 5. The molecule has 1 aromatic carbocycles. The van der Waals surface area contributed by atoms with Gasteiger partial charge in [-0.15, -0.1) is 0 Å². The number of hydrogen-bond acceptors (Lipinski definition) is 7. The molecule has 1 aromatic rings. The van der Waals surface area contributed by atoms with Crippen molar-refractivity contribution in [2.45, 2.75) is 109 Å². The van der Waals surface area contributed by atoms with Crippen LogP contribution < -0.4 is 16.4 Å². The highest BCUT2D eigenvalue weighted by atomic mass is 19.3. The number of nitrogens with one attached hydrogen (secondary N) is 2. The molecule has 12 nitrogen and oxygen atoms in total. The fourth-order valence-corrected chi connectivity index (χ4v) is 6.13. The van der Waals surface area contributed by atoms with E-state index in [-0.39, 0.29) is 50.2 Å². The zero-order valence-electron chi connectivity index (χ0n) is 28.1. The van der Waals surface area contributed by atoms with Crippen LogP contribution in [0.2, 0.25) is 0 Å². The van der Waals surface area contributed by atoms with E-state index in [1.54, 1.807) is 32.9 Å². The van der Waals surface area contributed by atoms with Gasteiger partial charge in [-0.25, -0.2) is 22.8 Å². The minimum atomic E-state index is -2.58. The molecule has 0 aromatic heterocycles. The van der Waals surface area contributed by atoms with Crippen LogP contribution in [0.1, 0.15) is 76.8 Å². The van der Waals surface area contributed by atoms with Crippen molar-refractivity contribution in [2.24, 2.45) is 17.6 Å². The van der Waals surface area contributed by atoms with Gasteiger partial charge in [-0.3, -0.25) is 19.3 Å². The Hall–Kier alpha value is -4.30. The summed E-state index contributed by atoms with van der Waals surface area (Å²) in [5.41, 5.74) is 5.91. The molecule has 49 heavy (non-hydrogen) atoms. The Labute approximate surface area is 283 Å². The number of carbonyl (C=O) groups is 5. The van der Waals surface area contributed by atoms with Crippen LogP contribution in [0.5, 0.6) is 0 Å². The Morgan fingerprint density at radius 1 is 1.08 bits per heavy atom. The predicted octanol–water partition coefficient (Wildman–Crippen LogP) is 4.15. The van der Waals surface area contributed by atoms with Crippen molar-refractivity contribution >= 4 is 29.9 Å². The highest BCUT2D eigenvalue weighted by molar-refractivity contribution is 5.91. The number of hydrogen-bond donors (Lipinski definition) is 3. The molecule has 0 radical (unpaired) electrons. The van der Waals surface area contributed by atoms with Crippen molar-refractivity contribution in [3.63, 3.8) is 0 Å². The molecular weight excluding hydrogens is 647 g/mol. The van der Waals surface area contributed by atoms with E-state index in [4.69, 9.17) is 15.2 Å². The standard InChI is InChI=1S/C34H46F3N5O7/c1-34(2,3)49-32(46)40-26(13-8-6-4-5-7-10-20-14-23(20)30(44)39-16-28(36)37)31(45)42-18-22(15-27(42)29(38)43)48-33(47)41-17-21-11-9-12-25(35)24(21)19-41/h7,9-12,20,22-23,26-28H,4-6,8,13-19H2,1-3H3,(H2,38,43)(H,39,44)(H,40,46)/b10-7-/t20?,22-,23+,26+,27+/m1/s1. The van der Waals surface area contributed by atoms with Crippen LogP contribution in [0.4, 0.5) is 22.8 Å². The molecule has 1 saturated heterocycles. The van der Waals surface area contributed by atoms with E-state index < -0.39 is 66.6 Å². The third kappa shape index (κ3) is 10.8. The van der Waals surface area contributed by atoms with Crippen LogP contribution in [0.25, 0.3) is 0 Å². The van der Waals surface area contributed by atoms with Gasteiger partial charge in [-0.05, 0) is 64.0 Å². The first-order valence-corrected chi connectivity index (χ1v) is 16.7. The minimum Gasteiger partial charge on any atom is -0.444 e. The molecule has 15 heteroatoms. The molecule has 1 aliphatic carbocycles. The van der Waals surface area contributed by atoms with E-state index in [2.05, 4.69) is 10.6 Å². The quantitative estimate of drug-likeness (QED) is 0.195. The molecule has 0 spiro atoms. The number of benzene rings is 1. The van der Waals surface area contributed by atoms with E-state index in [1.165, 1.54) is 15.9 Å². The van der Waals surface area contributed by atoms with E-state index >= 15 is 0 Å². The van der Waals surface area contributed by atoms with Crippen LogP contribution in [-0.4, -0.2) is 83.0 Å². The number of unbranched alkanes of at least 4 members (excludes halogenated alkanes) is 3. The number of alkyl halides is 2. The molecule has 3 aliphatic rings. The minimum absolute atomic E-state index is 0.0246. The first-order chi connectivity index (χ1) is 23.1. The fourth-order valence-electron chi connectivity index (χ4n) is 6.13. The van der Waals surface area contributed by atoms with E-state index in [0.29, 0.717) is 36.8 Å². The Morgan fingerprint density at radius 2 is 1.84 bits per heavy atom. The van der Waals surface area contributed by atoms with Crippen molar-refractivity contribution in [3.05, 3.63) is 47.3 Å². The van der Waals surface area contributed by atoms with Crippen molar-refractivity contribution in [1.82, 2.24) is 20.4 Å². The van der Waals surface area contributed by atoms with Gasteiger partial charge < -0.3 is 30.7 Å². The van der Waals surface area contributed by atoms with Crippen LogP contribution >= 0.6 is 0 Å². The summed E-state index contributed by atoms with van der Waals surface area (Å²) in [6.07, 6.45) is 2.48. The number of nitrogens with two attached hydrogens (primary N) is 1. The van der Waals surface area contributed by atoms with E-state index in [1.807, 2.05) is 12.2 Å². The largest absolute Gasteiger partial charge is 0.444 e. The highest BCUT2D eigenvalue weighted by Crippen LogP contribution is 2.40. The lowest BCUT2D eigenvalue weighted by atomic mass is 10.0. The van der Waals surface area contributed by atoms with Gasteiger partial charge >= 0.3 is 12.2 Å². The van der Waals surface area contributed by atoms with Crippen molar-refractivity contribution in [2.75, 3.05) is 13.1 Å². The molecule has 4 rings (SSSR count). The number of halogens is 3. The number of fused-ring (bicyclic) bond motifs is 1. The zero-order valence-corrected chi connectivity index (χ0v) is 28.1. The second kappa shape index (κ2) is 16.4. The van der Waals surface area contributed by atoms with Crippen LogP contribution in [0.3, 0.4) is 0 Å². The highest BCUT2D eigenvalue weighted by Gasteiger charge is 2.44. The molecule has 4 N–H and O–H groups in total. The summed E-state index contributed by atoms with van der Waals surface area (Å²) in [6.45, 7) is 4.50. The molecule has 1 unspecified atom stereocenters. The molecule has 5 atom stereocenters. The van der Waals surface area contributed by atoms with Crippen molar-refractivity contribution in [1.29, 1.82) is 0 Å². The summed E-state index contributed by atoms with van der Waals surface area (Å²) < 4.78 is 49.8. The topological polar surface area (TPSA) is 160 Å². The van der Waals surface area contributed by atoms with Crippen molar-refractivity contribution < 1.29 is 46.6 Å². The van der Waals surface area contributed by atoms with Gasteiger partial charge in [0.1, 0.15) is 29.6 Å². The van der Waals surface area contributed by atoms with Gasteiger partial charge in [0.05, 0.1) is 19.6 Å². The van der Waals surface area contributed by atoms with Crippen molar-refractivity contribution in [3.8, 4) is 0 Å². The number of likely N-dealkylation sites (tertiary alicyclic amines) is 1. The smallest absolute Gasteiger partial charge is 0.410 e. The molecule has 2 fully saturated rings. The molecule has 2 aliphatic heterocycles. The lowest BCUT2D eigenvalue weighted by Gasteiger charge is -2.28. The summed E-state index contributed by atoms with van der Waals surface area (Å²) in [5.74, 6) is -2.36. The second-order valence-corrected chi connectivity index (χ2v) is 13.8. The zero-order chi connectivity index (χ0) is 35.9. The summed E-state index contributed by atoms with van der Waals surface area (Å²) >= 11 is 0. The molecule has 2 heterocycles. The van der Waals surface area contributed by atoms with Crippen LogP contribution in [0, 0.1) is 17.7 Å². The van der Waals surface area contributed by atoms with E-state index in [9.17, 15) is 37.1 Å². The normalized spacial score (nSPS) is 22.2. The number of nitrogens with zero attached hydrogens (tertiary/aromatic N) is 2. The fraction of sp³-hybridized carbons (Fsp3) is 0.618. The Bertz CT molecular complexity index is 1420. The SMILES string of the molecule is CC(C)(C)OC(=O)N[C@@H](CCCCC/C=C\C1C[C@@H]1C(=O)NCC(F)F)C(=O)N1C[C@H](OC(=O)N2Cc3cccc(F)c3C2)C[C@H]1C(N)=O. The van der Waals surface area contributed by atoms with Gasteiger partial charge in [-0.2, -0.15) is 0 Å². The van der Waals surface area contributed by atoms with Crippen LogP contribution in [0.15, 0.2) is 30.4 Å². The molecule has 5 amide bonds. The van der Waals surface area contributed by atoms with Gasteiger partial charge in [0.15, 0.2) is 0 Å². The Balaban J connectivity index is 1.29. The summed E-state index contributed by atoms with van der Waals surface area (Å²) in [7, 11) is 0. The number of amides is 5. The molecule has 0 bridgehead atoms. The third-order valence-corrected chi connectivity index (χ3v) is 8.67. The number of alkyl carbamates (subject to hydrolysis) is 1. The van der Waals surface area contributed by atoms with Crippen LogP contribution in [-0.2, 0) is 36.9 Å². The maximum atomic E-state index is 14.2. The number of ether oxygens (including phenoxy) is 2. The Kier molecular flexibility index (Phi) is 12.6. The molecule has 1 saturated carbocycles. The average molecular weight is 694 g/mol. The lowest BCUT2D eigenvalue weighted by Crippen LogP contribution is -2.53. The predicted molar refractivity (Wildman–Crippen MR) is 171 cm³/mol. The lowest BCUT2D eigenvalue weighted by molar-refractivity contribution is -0.139. The van der Waals surface area contributed by atoms with Gasteiger partial charge in [0, 0.05) is 24.4 Å². The number of rotatable bonds is 14. The van der Waals surface area contributed by atoms with Gasteiger partial charge in [-0.1, -0.05) is 37.1 Å². The maximum Gasteiger partial charge on any atom is 0.410 e. The number of primary amides is 1. The second-order valence-electron chi connectivity index (χ2n) is 13.8. The van der Waals surface area contributed by atoms with E-state index in [0.717, 1.165) is 6.42 Å². The maximum absolute atomic E-state index is 14.2. The Morgan fingerprint density at radius 3 is 2.51 bits per heavy atom. The summed E-state index contributed by atoms with van der Waals surface area (Å²) in [4.78, 5) is 66.4. The monoisotopic (exact) mass is 693 g/mol. The number of allylic oxidation sites excluding steroid dienone is 2.